The number of hydrogen-bond acceptors (Lipinski definition) is 9. The molecule has 11 nitrogen and oxygen atoms in total. The molecular weight excluding hydrogens is 583 g/mol. The maximum Gasteiger partial charge on any atom is 0.323 e. The van der Waals surface area contributed by atoms with Crippen molar-refractivity contribution in [1.29, 1.82) is 0 Å². The summed E-state index contributed by atoms with van der Waals surface area (Å²) in [6.07, 6.45) is -3.43. The Hall–Kier alpha value is -2.08. The van der Waals surface area contributed by atoms with E-state index in [2.05, 4.69) is 44.5 Å². The summed E-state index contributed by atoms with van der Waals surface area (Å²) in [6, 6.07) is 7.41. The summed E-state index contributed by atoms with van der Waals surface area (Å²) in [5, 5.41) is 5.37. The van der Waals surface area contributed by atoms with Crippen LogP contribution >= 0.6 is 0 Å². The van der Waals surface area contributed by atoms with Crippen molar-refractivity contribution in [3.05, 3.63) is 47.0 Å². The number of carbonyl (C=O) groups is 2. The molecule has 2 aliphatic heterocycles. The summed E-state index contributed by atoms with van der Waals surface area (Å²) in [7, 11) is -9.17. The number of nitrogens with two attached hydrogens (primary N) is 1. The molecule has 1 spiro atoms. The summed E-state index contributed by atoms with van der Waals surface area (Å²) in [5.74, 6) is -0.616. The number of benzene rings is 1. The molecule has 3 amide bonds. The predicted molar refractivity (Wildman–Crippen MR) is 161 cm³/mol. The molecule has 1 aromatic rings. The first kappa shape index (κ1) is 33.4. The fraction of sp³-hybridized carbons (Fsp3) is 0.630. The minimum Gasteiger partial charge on any atom is -0.414 e. The molecule has 0 unspecified atom stereocenters. The van der Waals surface area contributed by atoms with E-state index < -0.39 is 62.7 Å². The summed E-state index contributed by atoms with van der Waals surface area (Å²) < 4.78 is 50.8. The highest BCUT2D eigenvalue weighted by Gasteiger charge is 2.67. The van der Waals surface area contributed by atoms with Crippen molar-refractivity contribution in [2.45, 2.75) is 102 Å². The zero-order valence-corrected chi connectivity index (χ0v) is 28.5. The third-order valence-corrected chi connectivity index (χ3v) is 18.6. The first-order chi connectivity index (χ1) is 18.5. The number of hydrogen-bond donors (Lipinski definition) is 3. The lowest BCUT2D eigenvalue weighted by atomic mass is 9.89. The van der Waals surface area contributed by atoms with E-state index in [0.717, 1.165) is 5.41 Å². The van der Waals surface area contributed by atoms with Gasteiger partial charge in [0.2, 0.25) is 0 Å². The van der Waals surface area contributed by atoms with Gasteiger partial charge in [-0.3, -0.25) is 10.1 Å². The molecule has 3 rings (SSSR count). The smallest absolute Gasteiger partial charge is 0.323 e. The molecular formula is C27H45N3O8SSi2. The molecule has 230 valence electrons. The minimum absolute atomic E-state index is 0.0549. The largest absolute Gasteiger partial charge is 0.414 e. The first-order valence-electron chi connectivity index (χ1n) is 13.6. The van der Waals surface area contributed by atoms with Gasteiger partial charge in [0.1, 0.15) is 12.2 Å². The van der Waals surface area contributed by atoms with Crippen molar-refractivity contribution >= 4 is 38.7 Å². The molecule has 0 radical (unpaired) electrons. The van der Waals surface area contributed by atoms with Crippen LogP contribution in [0.15, 0.2) is 41.4 Å². The van der Waals surface area contributed by atoms with Crippen LogP contribution in [0.1, 0.15) is 51.9 Å². The van der Waals surface area contributed by atoms with Crippen LogP contribution in [0, 0.1) is 0 Å². The second kappa shape index (κ2) is 11.2. The normalized spacial score (nSPS) is 26.6. The highest BCUT2D eigenvalue weighted by Crippen LogP contribution is 2.49. The number of rotatable bonds is 7. The van der Waals surface area contributed by atoms with Gasteiger partial charge in [-0.1, -0.05) is 59.7 Å². The predicted octanol–water partition coefficient (Wildman–Crippen LogP) is 4.16. The van der Waals surface area contributed by atoms with Gasteiger partial charge < -0.3 is 24.6 Å². The standard InChI is InChI=1S/C27H45N3O8SSi2/c1-25(2,3)40(7,8)35-16-20-27(19(28)17-39(33,34)38-27)21(37-41(9,10)26(4,5)6)23(36-20)30-24(32)29-22(31)18-14-12-11-13-15-18/h11-15,17,20-21,23H,16,28H2,1-10H3,(H2,29,30,31,32)/t20-,21+,23+,27-/m1/s1. The zero-order chi connectivity index (χ0) is 31.2. The first-order valence-corrected chi connectivity index (χ1v) is 20.9. The van der Waals surface area contributed by atoms with Crippen LogP contribution in [0.5, 0.6) is 0 Å². The number of nitrogens with one attached hydrogen (secondary N) is 2. The summed E-state index contributed by atoms with van der Waals surface area (Å²) >= 11 is 0. The number of imide groups is 1. The topological polar surface area (TPSA) is 155 Å². The molecule has 1 aromatic carbocycles. The highest BCUT2D eigenvalue weighted by atomic mass is 32.2. The molecule has 41 heavy (non-hydrogen) atoms. The zero-order valence-electron chi connectivity index (χ0n) is 25.7. The maximum atomic E-state index is 13.1. The number of ether oxygens (including phenoxy) is 1. The van der Waals surface area contributed by atoms with Gasteiger partial charge in [0, 0.05) is 5.56 Å². The molecule has 2 aliphatic rings. The van der Waals surface area contributed by atoms with E-state index in [1.165, 1.54) is 0 Å². The molecule has 0 saturated carbocycles. The van der Waals surface area contributed by atoms with Gasteiger partial charge in [-0.25, -0.2) is 8.98 Å². The van der Waals surface area contributed by atoms with E-state index in [1.54, 1.807) is 30.3 Å². The SMILES string of the molecule is CC(C)(C)[Si](C)(C)OC[C@H]1O[C@H](NC(=O)NC(=O)c2ccccc2)[C@H](O[Si](C)(C)C(C)(C)C)[C@]12OS(=O)(=O)C=C2N. The van der Waals surface area contributed by atoms with Crippen LogP contribution in [0.3, 0.4) is 0 Å². The number of carbonyl (C=O) groups excluding carboxylic acids is 2. The summed E-state index contributed by atoms with van der Waals surface area (Å²) in [6.45, 7) is 20.4. The molecule has 4 N–H and O–H groups in total. The minimum atomic E-state index is -4.19. The monoisotopic (exact) mass is 627 g/mol. The number of urea groups is 1. The Labute approximate surface area is 245 Å². The van der Waals surface area contributed by atoms with E-state index in [9.17, 15) is 18.0 Å². The van der Waals surface area contributed by atoms with Gasteiger partial charge in [-0.2, -0.15) is 8.42 Å². The van der Waals surface area contributed by atoms with Crippen molar-refractivity contribution in [1.82, 2.24) is 10.6 Å². The fourth-order valence-electron chi connectivity index (χ4n) is 4.07. The van der Waals surface area contributed by atoms with E-state index in [1.807, 2.05) is 33.9 Å². The Balaban J connectivity index is 2.02. The van der Waals surface area contributed by atoms with E-state index in [4.69, 9.17) is 23.5 Å². The lowest BCUT2D eigenvalue weighted by molar-refractivity contribution is -0.0420. The van der Waals surface area contributed by atoms with Crippen LogP contribution in [-0.4, -0.2) is 67.6 Å². The quantitative estimate of drug-likeness (QED) is 0.298. The van der Waals surface area contributed by atoms with Gasteiger partial charge in [0.15, 0.2) is 28.5 Å². The Morgan fingerprint density at radius 1 is 1.00 bits per heavy atom. The van der Waals surface area contributed by atoms with Gasteiger partial charge in [0.25, 0.3) is 16.0 Å². The van der Waals surface area contributed by atoms with Crippen LogP contribution in [0.25, 0.3) is 0 Å². The average molecular weight is 628 g/mol. The van der Waals surface area contributed by atoms with Crippen molar-refractivity contribution in [2.75, 3.05) is 6.61 Å². The second-order valence-corrected chi connectivity index (χ2v) is 24.6. The van der Waals surface area contributed by atoms with Crippen molar-refractivity contribution in [3.63, 3.8) is 0 Å². The molecule has 1 fully saturated rings. The van der Waals surface area contributed by atoms with E-state index in [-0.39, 0.29) is 22.4 Å². The molecule has 4 atom stereocenters. The third kappa shape index (κ3) is 6.95. The Kier molecular flexibility index (Phi) is 9.14. The second-order valence-electron chi connectivity index (χ2n) is 13.7. The van der Waals surface area contributed by atoms with Crippen molar-refractivity contribution in [3.8, 4) is 0 Å². The Morgan fingerprint density at radius 2 is 1.56 bits per heavy atom. The summed E-state index contributed by atoms with van der Waals surface area (Å²) in [5.41, 5.74) is 4.81. The average Bonchev–Trinajstić information content (AvgIpc) is 3.22. The fourth-order valence-corrected chi connectivity index (χ4v) is 7.58. The van der Waals surface area contributed by atoms with Crippen LogP contribution in [0.4, 0.5) is 4.79 Å². The van der Waals surface area contributed by atoms with Crippen molar-refractivity contribution < 1.29 is 35.8 Å². The van der Waals surface area contributed by atoms with Crippen LogP contribution in [0.2, 0.25) is 36.3 Å². The van der Waals surface area contributed by atoms with Crippen LogP contribution in [-0.2, 0) is 27.9 Å². The molecule has 1 saturated heterocycles. The van der Waals surface area contributed by atoms with E-state index in [0.29, 0.717) is 5.56 Å². The van der Waals surface area contributed by atoms with E-state index >= 15 is 0 Å². The molecule has 0 aromatic heterocycles. The summed E-state index contributed by atoms with van der Waals surface area (Å²) in [4.78, 5) is 25.7. The Bertz CT molecular complexity index is 1290. The maximum absolute atomic E-state index is 13.1. The van der Waals surface area contributed by atoms with Gasteiger partial charge >= 0.3 is 6.03 Å². The number of amides is 3. The molecule has 0 bridgehead atoms. The lowest BCUT2D eigenvalue weighted by Crippen LogP contribution is -2.61. The molecule has 14 heteroatoms. The lowest BCUT2D eigenvalue weighted by Gasteiger charge is -2.43. The van der Waals surface area contributed by atoms with Gasteiger partial charge in [-0.05, 0) is 48.4 Å². The van der Waals surface area contributed by atoms with Gasteiger partial charge in [-0.15, -0.1) is 0 Å². The van der Waals surface area contributed by atoms with Crippen molar-refractivity contribution in [2.24, 2.45) is 5.73 Å². The third-order valence-electron chi connectivity index (χ3n) is 8.63. The molecule has 2 heterocycles. The van der Waals surface area contributed by atoms with Crippen LogP contribution < -0.4 is 16.4 Å². The Morgan fingerprint density at radius 3 is 2.05 bits per heavy atom. The van der Waals surface area contributed by atoms with Gasteiger partial charge in [0.05, 0.1) is 17.7 Å². The highest BCUT2D eigenvalue weighted by molar-refractivity contribution is 7.90. The molecule has 0 aliphatic carbocycles.